The number of H-pyrrole nitrogens is 1. The molecule has 120 valence electrons. The standard InChI is InChI=1S/C18H16N4OS/c23-18(15-9-17-14(20-15)6-8-24-17)21-7-5-13(11-21)22-16-4-2-1-3-12(16)10-19-22/h1-4,6,8-10,13,20H,5,7,11H2/t13-/m1/s1. The highest BCUT2D eigenvalue weighted by Gasteiger charge is 2.30. The molecule has 1 amide bonds. The predicted molar refractivity (Wildman–Crippen MR) is 95.5 cm³/mol. The SMILES string of the molecule is O=C(c1cc2sccc2[nH]1)N1CC[C@@H](n2ncc3ccccc32)C1. The molecule has 0 saturated carbocycles. The number of nitrogens with one attached hydrogen (secondary N) is 1. The van der Waals surface area contributed by atoms with Gasteiger partial charge in [-0.15, -0.1) is 11.3 Å². The van der Waals surface area contributed by atoms with E-state index in [1.165, 1.54) is 0 Å². The molecule has 0 radical (unpaired) electrons. The number of para-hydroxylation sites is 1. The van der Waals surface area contributed by atoms with E-state index in [2.05, 4.69) is 26.9 Å². The Kier molecular flexibility index (Phi) is 2.99. The van der Waals surface area contributed by atoms with E-state index in [-0.39, 0.29) is 11.9 Å². The van der Waals surface area contributed by atoms with Crippen LogP contribution in [0.4, 0.5) is 0 Å². The van der Waals surface area contributed by atoms with Crippen molar-refractivity contribution in [3.63, 3.8) is 0 Å². The summed E-state index contributed by atoms with van der Waals surface area (Å²) in [6.45, 7) is 1.47. The number of hydrogen-bond acceptors (Lipinski definition) is 3. The summed E-state index contributed by atoms with van der Waals surface area (Å²) >= 11 is 1.65. The fraction of sp³-hybridized carbons (Fsp3) is 0.222. The van der Waals surface area contributed by atoms with Gasteiger partial charge in [-0.2, -0.15) is 5.10 Å². The lowest BCUT2D eigenvalue weighted by atomic mass is 10.2. The van der Waals surface area contributed by atoms with E-state index in [0.717, 1.165) is 34.1 Å². The van der Waals surface area contributed by atoms with E-state index in [0.29, 0.717) is 12.2 Å². The topological polar surface area (TPSA) is 53.9 Å². The van der Waals surface area contributed by atoms with Gasteiger partial charge in [-0.3, -0.25) is 9.48 Å². The number of amides is 1. The summed E-state index contributed by atoms with van der Waals surface area (Å²) in [5, 5.41) is 7.72. The number of carbonyl (C=O) groups excluding carboxylic acids is 1. The van der Waals surface area contributed by atoms with Gasteiger partial charge in [0, 0.05) is 18.5 Å². The maximum Gasteiger partial charge on any atom is 0.270 e. The first-order chi connectivity index (χ1) is 11.8. The van der Waals surface area contributed by atoms with Crippen molar-refractivity contribution < 1.29 is 4.79 Å². The molecule has 1 fully saturated rings. The van der Waals surface area contributed by atoms with Gasteiger partial charge in [0.15, 0.2) is 0 Å². The summed E-state index contributed by atoms with van der Waals surface area (Å²) < 4.78 is 3.20. The highest BCUT2D eigenvalue weighted by molar-refractivity contribution is 7.17. The third kappa shape index (κ3) is 2.06. The molecule has 1 saturated heterocycles. The summed E-state index contributed by atoms with van der Waals surface area (Å²) in [6, 6.07) is 12.4. The van der Waals surface area contributed by atoms with Crippen LogP contribution in [0.2, 0.25) is 0 Å². The van der Waals surface area contributed by atoms with Gasteiger partial charge in [0.1, 0.15) is 5.69 Å². The zero-order chi connectivity index (χ0) is 16.1. The van der Waals surface area contributed by atoms with Crippen molar-refractivity contribution in [3.8, 4) is 0 Å². The van der Waals surface area contributed by atoms with Crippen molar-refractivity contribution in [1.29, 1.82) is 0 Å². The number of aromatic nitrogens is 3. The molecule has 1 aliphatic heterocycles. The Balaban J connectivity index is 1.40. The number of nitrogens with zero attached hydrogens (tertiary/aromatic N) is 3. The fourth-order valence-corrected chi connectivity index (χ4v) is 4.33. The summed E-state index contributed by atoms with van der Waals surface area (Å²) in [5.74, 6) is 0.0809. The average molecular weight is 336 g/mol. The highest BCUT2D eigenvalue weighted by atomic mass is 32.1. The number of benzene rings is 1. The van der Waals surface area contributed by atoms with Gasteiger partial charge >= 0.3 is 0 Å². The summed E-state index contributed by atoms with van der Waals surface area (Å²) in [7, 11) is 0. The molecule has 1 aliphatic rings. The van der Waals surface area contributed by atoms with E-state index in [1.54, 1.807) is 11.3 Å². The molecule has 3 aromatic heterocycles. The lowest BCUT2D eigenvalue weighted by Gasteiger charge is -2.16. The first kappa shape index (κ1) is 13.8. The van der Waals surface area contributed by atoms with E-state index in [4.69, 9.17) is 0 Å². The molecule has 5 rings (SSSR count). The highest BCUT2D eigenvalue weighted by Crippen LogP contribution is 2.28. The van der Waals surface area contributed by atoms with Crippen LogP contribution in [0.25, 0.3) is 21.1 Å². The first-order valence-corrected chi connectivity index (χ1v) is 8.95. The quantitative estimate of drug-likeness (QED) is 0.607. The van der Waals surface area contributed by atoms with Crippen molar-refractivity contribution >= 4 is 38.4 Å². The molecule has 0 unspecified atom stereocenters. The lowest BCUT2D eigenvalue weighted by Crippen LogP contribution is -2.29. The van der Waals surface area contributed by atoms with E-state index in [9.17, 15) is 4.79 Å². The molecule has 5 nitrogen and oxygen atoms in total. The van der Waals surface area contributed by atoms with E-state index < -0.39 is 0 Å². The molecule has 1 atom stereocenters. The third-order valence-corrected chi connectivity index (χ3v) is 5.64. The largest absolute Gasteiger partial charge is 0.350 e. The van der Waals surface area contributed by atoms with Crippen LogP contribution in [0.1, 0.15) is 23.0 Å². The number of hydrogen-bond donors (Lipinski definition) is 1. The molecular weight excluding hydrogens is 320 g/mol. The number of fused-ring (bicyclic) bond motifs is 2. The smallest absolute Gasteiger partial charge is 0.270 e. The summed E-state index contributed by atoms with van der Waals surface area (Å²) in [4.78, 5) is 17.9. The van der Waals surface area contributed by atoms with Crippen molar-refractivity contribution in [2.24, 2.45) is 0 Å². The lowest BCUT2D eigenvalue weighted by molar-refractivity contribution is 0.0782. The van der Waals surface area contributed by atoms with Crippen LogP contribution in [-0.2, 0) is 0 Å². The van der Waals surface area contributed by atoms with Crippen LogP contribution >= 0.6 is 11.3 Å². The third-order valence-electron chi connectivity index (χ3n) is 4.77. The summed E-state index contributed by atoms with van der Waals surface area (Å²) in [5.41, 5.74) is 2.86. The molecule has 0 aliphatic carbocycles. The van der Waals surface area contributed by atoms with Crippen molar-refractivity contribution in [1.82, 2.24) is 19.7 Å². The molecule has 0 spiro atoms. The van der Waals surface area contributed by atoms with Gasteiger partial charge in [-0.25, -0.2) is 0 Å². The van der Waals surface area contributed by atoms with Crippen LogP contribution in [0.3, 0.4) is 0 Å². The second kappa shape index (κ2) is 5.21. The Morgan fingerprint density at radius 3 is 3.12 bits per heavy atom. The Bertz CT molecular complexity index is 1020. The van der Waals surface area contributed by atoms with Crippen LogP contribution in [0.5, 0.6) is 0 Å². The van der Waals surface area contributed by atoms with Crippen molar-refractivity contribution in [3.05, 3.63) is 53.7 Å². The van der Waals surface area contributed by atoms with Crippen LogP contribution in [-0.4, -0.2) is 38.7 Å². The second-order valence-electron chi connectivity index (χ2n) is 6.22. The Morgan fingerprint density at radius 1 is 1.29 bits per heavy atom. The average Bonchev–Trinajstić information content (AvgIpc) is 3.34. The first-order valence-electron chi connectivity index (χ1n) is 8.07. The monoisotopic (exact) mass is 336 g/mol. The Morgan fingerprint density at radius 2 is 2.21 bits per heavy atom. The molecule has 24 heavy (non-hydrogen) atoms. The minimum atomic E-state index is 0.0809. The second-order valence-corrected chi connectivity index (χ2v) is 7.17. The molecule has 0 bridgehead atoms. The fourth-order valence-electron chi connectivity index (χ4n) is 3.54. The minimum absolute atomic E-state index is 0.0809. The molecule has 4 aromatic rings. The van der Waals surface area contributed by atoms with Crippen molar-refractivity contribution in [2.45, 2.75) is 12.5 Å². The summed E-state index contributed by atoms with van der Waals surface area (Å²) in [6.07, 6.45) is 2.84. The number of thiophene rings is 1. The number of aromatic amines is 1. The van der Waals surface area contributed by atoms with E-state index in [1.807, 2.05) is 40.7 Å². The Labute approximate surface area is 142 Å². The Hall–Kier alpha value is -2.60. The minimum Gasteiger partial charge on any atom is -0.350 e. The van der Waals surface area contributed by atoms with E-state index >= 15 is 0 Å². The number of carbonyl (C=O) groups is 1. The maximum atomic E-state index is 12.8. The van der Waals surface area contributed by atoms with Gasteiger partial charge in [0.2, 0.25) is 0 Å². The zero-order valence-corrected chi connectivity index (χ0v) is 13.8. The van der Waals surface area contributed by atoms with Crippen molar-refractivity contribution in [2.75, 3.05) is 13.1 Å². The molecule has 1 aromatic carbocycles. The molecule has 6 heteroatoms. The normalized spacial score (nSPS) is 18.0. The predicted octanol–water partition coefficient (Wildman–Crippen LogP) is 3.67. The molecule has 1 N–H and O–H groups in total. The van der Waals surface area contributed by atoms with Crippen LogP contribution < -0.4 is 0 Å². The van der Waals surface area contributed by atoms with Crippen LogP contribution in [0, 0.1) is 0 Å². The van der Waals surface area contributed by atoms with Gasteiger partial charge in [0.05, 0.1) is 28.0 Å². The number of likely N-dealkylation sites (tertiary alicyclic amines) is 1. The molecule has 4 heterocycles. The maximum absolute atomic E-state index is 12.8. The van der Waals surface area contributed by atoms with Crippen LogP contribution in [0.15, 0.2) is 48.0 Å². The van der Waals surface area contributed by atoms with Gasteiger partial charge in [-0.05, 0) is 30.0 Å². The van der Waals surface area contributed by atoms with Gasteiger partial charge in [0.25, 0.3) is 5.91 Å². The molecular formula is C18H16N4OS. The van der Waals surface area contributed by atoms with Gasteiger partial charge < -0.3 is 9.88 Å². The number of rotatable bonds is 2. The van der Waals surface area contributed by atoms with Gasteiger partial charge in [-0.1, -0.05) is 18.2 Å². The zero-order valence-electron chi connectivity index (χ0n) is 13.0.